The number of hydrogen-bond acceptors (Lipinski definition) is 3. The average molecular weight is 251 g/mol. The fourth-order valence-electron chi connectivity index (χ4n) is 2.45. The van der Waals surface area contributed by atoms with Crippen molar-refractivity contribution >= 4 is 5.82 Å². The van der Waals surface area contributed by atoms with E-state index in [2.05, 4.69) is 18.9 Å². The Bertz CT molecular complexity index is 371. The Morgan fingerprint density at radius 2 is 2.22 bits per heavy atom. The number of hydrogen-bond donors (Lipinski definition) is 1. The summed E-state index contributed by atoms with van der Waals surface area (Å²) in [7, 11) is 0. The van der Waals surface area contributed by atoms with Crippen molar-refractivity contribution in [3.05, 3.63) is 11.8 Å². The maximum atomic E-state index is 6.19. The molecule has 102 valence electrons. The van der Waals surface area contributed by atoms with Gasteiger partial charge in [0.05, 0.1) is 19.4 Å². The van der Waals surface area contributed by atoms with Gasteiger partial charge < -0.3 is 10.5 Å². The summed E-state index contributed by atoms with van der Waals surface area (Å²) >= 11 is 0. The Balaban J connectivity index is 1.89. The molecule has 0 aliphatic carbocycles. The first-order valence-electron chi connectivity index (χ1n) is 7.14. The van der Waals surface area contributed by atoms with Gasteiger partial charge in [0.25, 0.3) is 0 Å². The molecule has 1 unspecified atom stereocenters. The topological polar surface area (TPSA) is 53.1 Å². The van der Waals surface area contributed by atoms with Crippen molar-refractivity contribution in [1.82, 2.24) is 9.78 Å². The van der Waals surface area contributed by atoms with Crippen LogP contribution in [0.25, 0.3) is 0 Å². The molecule has 0 radical (unpaired) electrons. The first-order chi connectivity index (χ1) is 8.74. The minimum atomic E-state index is 0.353. The van der Waals surface area contributed by atoms with E-state index in [1.165, 1.54) is 37.7 Å². The lowest BCUT2D eigenvalue weighted by Gasteiger charge is -2.27. The number of ether oxygens (including phenoxy) is 1. The maximum Gasteiger partial charge on any atom is 0.125 e. The zero-order chi connectivity index (χ0) is 13.0. The average Bonchev–Trinajstić information content (AvgIpc) is 2.65. The minimum absolute atomic E-state index is 0.353. The van der Waals surface area contributed by atoms with E-state index in [9.17, 15) is 0 Å². The highest BCUT2D eigenvalue weighted by Gasteiger charge is 2.25. The third kappa shape index (κ3) is 2.86. The van der Waals surface area contributed by atoms with Gasteiger partial charge in [0.2, 0.25) is 0 Å². The van der Waals surface area contributed by atoms with E-state index in [1.807, 2.05) is 10.9 Å². The number of anilines is 1. The summed E-state index contributed by atoms with van der Waals surface area (Å²) in [4.78, 5) is 0. The lowest BCUT2D eigenvalue weighted by molar-refractivity contribution is -0.0276. The van der Waals surface area contributed by atoms with Crippen LogP contribution in [0.5, 0.6) is 0 Å². The van der Waals surface area contributed by atoms with Gasteiger partial charge in [-0.3, -0.25) is 0 Å². The van der Waals surface area contributed by atoms with Crippen LogP contribution in [0.15, 0.2) is 6.20 Å². The van der Waals surface area contributed by atoms with E-state index < -0.39 is 0 Å². The van der Waals surface area contributed by atoms with Crippen molar-refractivity contribution in [3.63, 3.8) is 0 Å². The molecule has 1 aromatic rings. The SMILES string of the molecule is CCCCCCC(C)c1cnn(C2COC2)c1N. The van der Waals surface area contributed by atoms with Gasteiger partial charge in [-0.1, -0.05) is 39.5 Å². The molecule has 0 saturated carbocycles. The van der Waals surface area contributed by atoms with E-state index in [0.29, 0.717) is 12.0 Å². The largest absolute Gasteiger partial charge is 0.384 e. The second-order valence-electron chi connectivity index (χ2n) is 5.37. The van der Waals surface area contributed by atoms with Gasteiger partial charge in [0, 0.05) is 5.56 Å². The van der Waals surface area contributed by atoms with Crippen molar-refractivity contribution in [2.24, 2.45) is 0 Å². The zero-order valence-electron chi connectivity index (χ0n) is 11.6. The first kappa shape index (κ1) is 13.4. The summed E-state index contributed by atoms with van der Waals surface area (Å²) in [5.41, 5.74) is 7.40. The predicted molar refractivity (Wildman–Crippen MR) is 73.7 cm³/mol. The standard InChI is InChI=1S/C14H25N3O/c1-3-4-5-6-7-11(2)13-8-16-17(14(13)15)12-9-18-10-12/h8,11-12H,3-7,9-10,15H2,1-2H3. The summed E-state index contributed by atoms with van der Waals surface area (Å²) in [6.07, 6.45) is 8.38. The fraction of sp³-hybridized carbons (Fsp3) is 0.786. The third-order valence-electron chi connectivity index (χ3n) is 3.85. The predicted octanol–water partition coefficient (Wildman–Crippen LogP) is 3.11. The third-order valence-corrected chi connectivity index (χ3v) is 3.85. The van der Waals surface area contributed by atoms with Gasteiger partial charge in [-0.25, -0.2) is 4.68 Å². The molecule has 1 atom stereocenters. The normalized spacial score (nSPS) is 17.7. The van der Waals surface area contributed by atoms with Gasteiger partial charge in [-0.2, -0.15) is 5.10 Å². The van der Waals surface area contributed by atoms with Gasteiger partial charge in [0.1, 0.15) is 11.9 Å². The molecule has 0 bridgehead atoms. The Morgan fingerprint density at radius 1 is 1.44 bits per heavy atom. The van der Waals surface area contributed by atoms with Gasteiger partial charge >= 0.3 is 0 Å². The molecule has 1 aliphatic heterocycles. The summed E-state index contributed by atoms with van der Waals surface area (Å²) in [6.45, 7) is 5.99. The lowest BCUT2D eigenvalue weighted by atomic mass is 9.96. The molecule has 0 aromatic carbocycles. The van der Waals surface area contributed by atoms with Crippen LogP contribution in [-0.2, 0) is 4.74 Å². The van der Waals surface area contributed by atoms with E-state index in [0.717, 1.165) is 19.0 Å². The number of rotatable bonds is 7. The molecular formula is C14H25N3O. The first-order valence-corrected chi connectivity index (χ1v) is 7.14. The molecule has 2 heterocycles. The molecule has 4 heteroatoms. The number of nitrogens with zero attached hydrogens (tertiary/aromatic N) is 2. The molecule has 0 amide bonds. The smallest absolute Gasteiger partial charge is 0.125 e. The number of nitrogens with two attached hydrogens (primary N) is 1. The molecule has 1 aromatic heterocycles. The lowest BCUT2D eigenvalue weighted by Crippen LogP contribution is -2.32. The molecule has 0 spiro atoms. The van der Waals surface area contributed by atoms with Crippen LogP contribution in [0.4, 0.5) is 5.82 Å². The minimum Gasteiger partial charge on any atom is -0.384 e. The van der Waals surface area contributed by atoms with Crippen molar-refractivity contribution < 1.29 is 4.74 Å². The monoisotopic (exact) mass is 251 g/mol. The van der Waals surface area contributed by atoms with Crippen LogP contribution >= 0.6 is 0 Å². The van der Waals surface area contributed by atoms with Gasteiger partial charge in [0.15, 0.2) is 0 Å². The van der Waals surface area contributed by atoms with Crippen LogP contribution in [0.3, 0.4) is 0 Å². The van der Waals surface area contributed by atoms with E-state index >= 15 is 0 Å². The van der Waals surface area contributed by atoms with E-state index in [-0.39, 0.29) is 0 Å². The Labute approximate surface area is 110 Å². The van der Waals surface area contributed by atoms with Crippen LogP contribution in [-0.4, -0.2) is 23.0 Å². The Morgan fingerprint density at radius 3 is 2.83 bits per heavy atom. The molecule has 18 heavy (non-hydrogen) atoms. The highest BCUT2D eigenvalue weighted by atomic mass is 16.5. The van der Waals surface area contributed by atoms with Crippen LogP contribution in [0.1, 0.15) is 63.5 Å². The molecule has 1 saturated heterocycles. The van der Waals surface area contributed by atoms with Gasteiger partial charge in [-0.05, 0) is 12.3 Å². The molecule has 2 rings (SSSR count). The van der Waals surface area contributed by atoms with Gasteiger partial charge in [-0.15, -0.1) is 0 Å². The zero-order valence-corrected chi connectivity index (χ0v) is 11.6. The fourth-order valence-corrected chi connectivity index (χ4v) is 2.45. The van der Waals surface area contributed by atoms with Crippen LogP contribution < -0.4 is 5.73 Å². The molecule has 1 fully saturated rings. The van der Waals surface area contributed by atoms with E-state index in [4.69, 9.17) is 10.5 Å². The molecule has 2 N–H and O–H groups in total. The number of nitrogen functional groups attached to an aromatic ring is 1. The summed E-state index contributed by atoms with van der Waals surface area (Å²) in [5.74, 6) is 1.35. The number of unbranched alkanes of at least 4 members (excludes halogenated alkanes) is 3. The van der Waals surface area contributed by atoms with E-state index in [1.54, 1.807) is 0 Å². The van der Waals surface area contributed by atoms with Crippen LogP contribution in [0.2, 0.25) is 0 Å². The summed E-state index contributed by atoms with van der Waals surface area (Å²) in [6, 6.07) is 0.353. The second-order valence-corrected chi connectivity index (χ2v) is 5.37. The quantitative estimate of drug-likeness (QED) is 0.758. The van der Waals surface area contributed by atoms with Crippen molar-refractivity contribution in [2.75, 3.05) is 18.9 Å². The second kappa shape index (κ2) is 6.23. The van der Waals surface area contributed by atoms with Crippen molar-refractivity contribution in [2.45, 2.75) is 57.9 Å². The van der Waals surface area contributed by atoms with Crippen molar-refractivity contribution in [3.8, 4) is 0 Å². The highest BCUT2D eigenvalue weighted by molar-refractivity contribution is 5.41. The highest BCUT2D eigenvalue weighted by Crippen LogP contribution is 2.30. The maximum absolute atomic E-state index is 6.19. The van der Waals surface area contributed by atoms with Crippen LogP contribution in [0, 0.1) is 0 Å². The summed E-state index contributed by atoms with van der Waals surface area (Å²) < 4.78 is 7.12. The number of aromatic nitrogens is 2. The Hall–Kier alpha value is -1.03. The Kier molecular flexibility index (Phi) is 4.64. The molecule has 4 nitrogen and oxygen atoms in total. The summed E-state index contributed by atoms with van der Waals surface area (Å²) in [5, 5.41) is 4.41. The van der Waals surface area contributed by atoms with Crippen molar-refractivity contribution in [1.29, 1.82) is 0 Å². The molecule has 1 aliphatic rings. The molecular weight excluding hydrogens is 226 g/mol.